The van der Waals surface area contributed by atoms with Crippen molar-refractivity contribution >= 4 is 17.8 Å². The average Bonchev–Trinajstić information content (AvgIpc) is 3.08. The lowest BCUT2D eigenvalue weighted by atomic mass is 10.0. The molecule has 0 heterocycles. The molecule has 0 saturated carbocycles. The summed E-state index contributed by atoms with van der Waals surface area (Å²) in [5, 5.41) is 0. The number of hydrogen-bond acceptors (Lipinski definition) is 5. The molecule has 0 spiro atoms. The second-order valence-electron chi connectivity index (χ2n) is 14.8. The van der Waals surface area contributed by atoms with E-state index in [2.05, 4.69) is 44.2 Å². The van der Waals surface area contributed by atoms with Crippen molar-refractivity contribution in [2.45, 2.75) is 181 Å². The molecule has 6 nitrogen and oxygen atoms in total. The number of nitrogens with zero attached hydrogens (tertiary/aromatic N) is 1. The molecule has 0 N–H and O–H groups in total. The number of Topliss-reactive ketones (excluding diaryl/α,β-unsaturated/α-hetero) is 1. The molecule has 0 bridgehead atoms. The normalized spacial score (nSPS) is 11.8. The Balaban J connectivity index is 2.32. The highest BCUT2D eigenvalue weighted by molar-refractivity contribution is 5.96. The summed E-state index contributed by atoms with van der Waals surface area (Å²) in [6, 6.07) is 8.10. The predicted octanol–water partition coefficient (Wildman–Crippen LogP) is 12.5. The third kappa shape index (κ3) is 26.0. The Morgan fingerprint density at radius 2 is 1.24 bits per heavy atom. The summed E-state index contributed by atoms with van der Waals surface area (Å²) in [4.78, 5) is 39.6. The molecule has 284 valence electrons. The van der Waals surface area contributed by atoms with Crippen LogP contribution in [0.3, 0.4) is 0 Å². The minimum absolute atomic E-state index is 0.121. The van der Waals surface area contributed by atoms with Gasteiger partial charge in [-0.1, -0.05) is 121 Å². The molecular weight excluding hydrogens is 622 g/mol. The van der Waals surface area contributed by atoms with E-state index in [0.29, 0.717) is 32.5 Å². The topological polar surface area (TPSA) is 72.9 Å². The number of aryl methyl sites for hydroxylation is 1. The molecular formula is C44H73NO5. The maximum atomic E-state index is 12.9. The van der Waals surface area contributed by atoms with Gasteiger partial charge in [-0.2, -0.15) is 0 Å². The van der Waals surface area contributed by atoms with E-state index in [9.17, 15) is 14.4 Å². The number of allylic oxidation sites excluding steroid dienone is 3. The lowest BCUT2D eigenvalue weighted by molar-refractivity contribution is -0.142. The maximum absolute atomic E-state index is 12.9. The third-order valence-corrected chi connectivity index (χ3v) is 8.76. The minimum atomic E-state index is -0.526. The second kappa shape index (κ2) is 29.8. The fourth-order valence-electron chi connectivity index (χ4n) is 5.80. The molecule has 6 heteroatoms. The van der Waals surface area contributed by atoms with Crippen LogP contribution in [0, 0.1) is 0 Å². The van der Waals surface area contributed by atoms with Gasteiger partial charge in [0.05, 0.1) is 0 Å². The smallest absolute Gasteiger partial charge is 0.410 e. The summed E-state index contributed by atoms with van der Waals surface area (Å²) < 4.78 is 11.0. The van der Waals surface area contributed by atoms with E-state index in [1.165, 1.54) is 56.9 Å². The number of carbonyl (C=O) groups excluding carboxylic acids is 3. The van der Waals surface area contributed by atoms with Crippen molar-refractivity contribution in [1.82, 2.24) is 4.90 Å². The van der Waals surface area contributed by atoms with Crippen molar-refractivity contribution < 1.29 is 23.9 Å². The Hall–Kier alpha value is -2.89. The molecule has 1 aromatic carbocycles. The van der Waals surface area contributed by atoms with E-state index in [1.54, 1.807) is 0 Å². The number of esters is 1. The number of hydrogen-bond donors (Lipinski definition) is 0. The molecule has 0 radical (unpaired) electrons. The molecule has 1 rings (SSSR count). The molecule has 0 aliphatic heterocycles. The Kier molecular flexibility index (Phi) is 26.9. The summed E-state index contributed by atoms with van der Waals surface area (Å²) in [7, 11) is 0. The highest BCUT2D eigenvalue weighted by Gasteiger charge is 2.21. The molecule has 0 aliphatic rings. The van der Waals surface area contributed by atoms with E-state index < -0.39 is 5.60 Å². The third-order valence-electron chi connectivity index (χ3n) is 8.76. The van der Waals surface area contributed by atoms with Gasteiger partial charge in [0.15, 0.2) is 5.78 Å². The van der Waals surface area contributed by atoms with Crippen molar-refractivity contribution in [3.05, 3.63) is 59.7 Å². The Bertz CT molecular complexity index is 1090. The van der Waals surface area contributed by atoms with Crippen LogP contribution in [0.15, 0.2) is 48.6 Å². The van der Waals surface area contributed by atoms with Crippen LogP contribution < -0.4 is 0 Å². The molecule has 0 aliphatic carbocycles. The van der Waals surface area contributed by atoms with Gasteiger partial charge in [-0.3, -0.25) is 9.59 Å². The molecule has 50 heavy (non-hydrogen) atoms. The monoisotopic (exact) mass is 696 g/mol. The summed E-state index contributed by atoms with van der Waals surface area (Å²) in [6.07, 6.45) is 30.9. The van der Waals surface area contributed by atoms with Crippen molar-refractivity contribution in [2.75, 3.05) is 19.7 Å². The zero-order valence-electron chi connectivity index (χ0n) is 32.8. The van der Waals surface area contributed by atoms with Gasteiger partial charge in [-0.15, -0.1) is 0 Å². The van der Waals surface area contributed by atoms with Crippen LogP contribution in [-0.4, -0.2) is 48.0 Å². The lowest BCUT2D eigenvalue weighted by Crippen LogP contribution is -2.38. The number of rotatable bonds is 30. The molecule has 0 atom stereocenters. The van der Waals surface area contributed by atoms with Crippen molar-refractivity contribution in [3.63, 3.8) is 0 Å². The van der Waals surface area contributed by atoms with Gasteiger partial charge in [-0.25, -0.2) is 4.79 Å². The van der Waals surface area contributed by atoms with Crippen LogP contribution in [-0.2, 0) is 20.7 Å². The van der Waals surface area contributed by atoms with Gasteiger partial charge in [0.1, 0.15) is 12.2 Å². The Labute approximate surface area is 306 Å². The molecule has 1 aromatic rings. The van der Waals surface area contributed by atoms with Crippen LogP contribution >= 0.6 is 0 Å². The second-order valence-corrected chi connectivity index (χ2v) is 14.8. The van der Waals surface area contributed by atoms with E-state index in [4.69, 9.17) is 9.47 Å². The van der Waals surface area contributed by atoms with Gasteiger partial charge in [0.2, 0.25) is 0 Å². The number of amides is 1. The highest BCUT2D eigenvalue weighted by Crippen LogP contribution is 2.16. The first-order valence-electron chi connectivity index (χ1n) is 20.2. The first-order chi connectivity index (χ1) is 24.2. The van der Waals surface area contributed by atoms with Crippen LogP contribution in [0.4, 0.5) is 4.79 Å². The number of ether oxygens (including phenoxy) is 2. The van der Waals surface area contributed by atoms with Crippen LogP contribution in [0.2, 0.25) is 0 Å². The van der Waals surface area contributed by atoms with Gasteiger partial charge < -0.3 is 14.4 Å². The number of carbonyl (C=O) groups is 3. The zero-order valence-corrected chi connectivity index (χ0v) is 32.8. The Morgan fingerprint density at radius 3 is 1.90 bits per heavy atom. The largest absolute Gasteiger partial charge is 0.461 e. The molecule has 0 unspecified atom stereocenters. The first kappa shape index (κ1) is 45.1. The number of benzene rings is 1. The summed E-state index contributed by atoms with van der Waals surface area (Å²) in [5.74, 6) is 0.0920. The average molecular weight is 696 g/mol. The molecule has 0 fully saturated rings. The van der Waals surface area contributed by atoms with E-state index in [0.717, 1.165) is 82.6 Å². The molecule has 0 saturated heterocycles. The molecule has 1 amide bonds. The van der Waals surface area contributed by atoms with Crippen LogP contribution in [0.25, 0.3) is 0 Å². The number of unbranched alkanes of at least 4 members (excludes halogenated alkanes) is 14. The SMILES string of the molecule is CCCCCC/C=C\CCC(=O)c1cccc(CCCCCN(CCCCCCCC(=O)OC/C=C\CCCCCC)C(=O)OC(C)(C)C)c1. The lowest BCUT2D eigenvalue weighted by Gasteiger charge is -2.27. The summed E-state index contributed by atoms with van der Waals surface area (Å²) in [6.45, 7) is 11.9. The van der Waals surface area contributed by atoms with Gasteiger partial charge in [0.25, 0.3) is 0 Å². The summed E-state index contributed by atoms with van der Waals surface area (Å²) >= 11 is 0. The maximum Gasteiger partial charge on any atom is 0.410 e. The minimum Gasteiger partial charge on any atom is -0.461 e. The van der Waals surface area contributed by atoms with Crippen molar-refractivity contribution in [3.8, 4) is 0 Å². The van der Waals surface area contributed by atoms with Crippen molar-refractivity contribution in [2.24, 2.45) is 0 Å². The predicted molar refractivity (Wildman–Crippen MR) is 210 cm³/mol. The quantitative estimate of drug-likeness (QED) is 0.0347. The van der Waals surface area contributed by atoms with E-state index in [-0.39, 0.29) is 17.8 Å². The van der Waals surface area contributed by atoms with Crippen LogP contribution in [0.5, 0.6) is 0 Å². The Morgan fingerprint density at radius 1 is 0.660 bits per heavy atom. The fourth-order valence-corrected chi connectivity index (χ4v) is 5.80. The zero-order chi connectivity index (χ0) is 36.7. The molecule has 0 aromatic heterocycles. The van der Waals surface area contributed by atoms with E-state index in [1.807, 2.05) is 43.9 Å². The van der Waals surface area contributed by atoms with E-state index >= 15 is 0 Å². The van der Waals surface area contributed by atoms with Gasteiger partial charge >= 0.3 is 12.1 Å². The number of ketones is 1. The van der Waals surface area contributed by atoms with Crippen molar-refractivity contribution in [1.29, 1.82) is 0 Å². The first-order valence-corrected chi connectivity index (χ1v) is 20.2. The van der Waals surface area contributed by atoms with Gasteiger partial charge in [-0.05, 0) is 96.6 Å². The highest BCUT2D eigenvalue weighted by atomic mass is 16.6. The van der Waals surface area contributed by atoms with Crippen LogP contribution in [0.1, 0.15) is 185 Å². The summed E-state index contributed by atoms with van der Waals surface area (Å²) in [5.41, 5.74) is 1.48. The fraction of sp³-hybridized carbons (Fsp3) is 0.705. The van der Waals surface area contributed by atoms with Gasteiger partial charge in [0, 0.05) is 31.5 Å². The standard InChI is InChI=1S/C44H73NO5/c1-6-8-10-12-14-15-18-24-33-41(46)40-32-29-31-39(38-40)30-23-22-27-36-45(43(48)50-44(3,4)5)35-26-20-17-19-25-34-42(47)49-37-28-21-16-13-11-9-7-2/h15,18,21,28-29,31-32,38H,6-14,16-17,19-20,22-27,30,33-37H2,1-5H3/b18-15-,28-21-.